The molecule has 3 aliphatic rings. The molecule has 2 bridgehead atoms. The number of fused-ring (bicyclic) bond motifs is 9. The Labute approximate surface area is 99.3 Å². The van der Waals surface area contributed by atoms with Crippen molar-refractivity contribution in [3.8, 4) is 0 Å². The molecule has 0 atom stereocenters. The van der Waals surface area contributed by atoms with Gasteiger partial charge in [-0.3, -0.25) is 0 Å². The Morgan fingerprint density at radius 2 is 0.625 bits per heavy atom. The van der Waals surface area contributed by atoms with Gasteiger partial charge >= 0.3 is 0 Å². The Hall–Kier alpha value is 0.460. The molecule has 3 saturated heterocycles. The first-order valence-electron chi connectivity index (χ1n) is 6.76. The van der Waals surface area contributed by atoms with Gasteiger partial charge in [0.2, 0.25) is 0 Å². The monoisotopic (exact) mass is 262 g/mol. The van der Waals surface area contributed by atoms with Gasteiger partial charge in [-0.15, -0.1) is 0 Å². The molecule has 4 heteroatoms. The average Bonchev–Trinajstić information content (AvgIpc) is 2.27. The summed E-state index contributed by atoms with van der Waals surface area (Å²) in [5.41, 5.74) is 0. The van der Waals surface area contributed by atoms with Gasteiger partial charge in [0, 0.05) is 37.0 Å². The van der Waals surface area contributed by atoms with Crippen LogP contribution in [0.4, 0.5) is 0 Å². The molecule has 0 saturated carbocycles. The number of hydrogen-bond acceptors (Lipinski definition) is 2. The maximum absolute atomic E-state index is 12.7. The molecule has 0 aromatic rings. The molecule has 3 aliphatic heterocycles. The molecule has 16 heavy (non-hydrogen) atoms. The van der Waals surface area contributed by atoms with E-state index in [9.17, 15) is 9.13 Å². The molecular formula is C12H24O2P2. The van der Waals surface area contributed by atoms with Gasteiger partial charge in [-0.05, 0) is 38.5 Å². The topological polar surface area (TPSA) is 34.1 Å². The highest BCUT2D eigenvalue weighted by atomic mass is 31.2. The summed E-state index contributed by atoms with van der Waals surface area (Å²) in [5, 5.41) is 0. The van der Waals surface area contributed by atoms with Gasteiger partial charge in [0.05, 0.1) is 14.3 Å². The van der Waals surface area contributed by atoms with E-state index in [4.69, 9.17) is 0 Å². The maximum atomic E-state index is 12.7. The standard InChI is InChI=1S/C12H24O2P2/c13-15-7-1-2-8-16(14,11-5-3-9-15)12-6-4-10-15/h1-12H2. The summed E-state index contributed by atoms with van der Waals surface area (Å²) in [4.78, 5) is 0. The van der Waals surface area contributed by atoms with Crippen molar-refractivity contribution in [2.45, 2.75) is 38.5 Å². The molecule has 0 amide bonds. The van der Waals surface area contributed by atoms with E-state index in [0.717, 1.165) is 75.5 Å². The highest BCUT2D eigenvalue weighted by molar-refractivity contribution is 7.64. The lowest BCUT2D eigenvalue weighted by Crippen LogP contribution is -2.11. The van der Waals surface area contributed by atoms with Crippen LogP contribution in [0, 0.1) is 0 Å². The molecule has 0 aromatic carbocycles. The van der Waals surface area contributed by atoms with Crippen LogP contribution < -0.4 is 0 Å². The van der Waals surface area contributed by atoms with E-state index in [0.29, 0.717) is 0 Å². The van der Waals surface area contributed by atoms with E-state index in [1.54, 1.807) is 0 Å². The Morgan fingerprint density at radius 1 is 0.438 bits per heavy atom. The fraction of sp³-hybridized carbons (Fsp3) is 1.00. The molecular weight excluding hydrogens is 238 g/mol. The van der Waals surface area contributed by atoms with Crippen LogP contribution in [0.1, 0.15) is 38.5 Å². The van der Waals surface area contributed by atoms with Gasteiger partial charge in [0.15, 0.2) is 0 Å². The van der Waals surface area contributed by atoms with Crippen molar-refractivity contribution < 1.29 is 9.13 Å². The van der Waals surface area contributed by atoms with Crippen molar-refractivity contribution >= 4 is 14.3 Å². The van der Waals surface area contributed by atoms with Crippen LogP contribution in [0.15, 0.2) is 0 Å². The zero-order chi connectivity index (χ0) is 11.5. The van der Waals surface area contributed by atoms with Crippen molar-refractivity contribution in [3.63, 3.8) is 0 Å². The third-order valence-electron chi connectivity index (χ3n) is 4.14. The van der Waals surface area contributed by atoms with Gasteiger partial charge in [-0.1, -0.05) is 0 Å². The van der Waals surface area contributed by atoms with E-state index < -0.39 is 14.3 Å². The molecule has 0 unspecified atom stereocenters. The van der Waals surface area contributed by atoms with Crippen LogP contribution in [0.3, 0.4) is 0 Å². The maximum Gasteiger partial charge on any atom is 0.0877 e. The normalized spacial score (nSPS) is 42.2. The summed E-state index contributed by atoms with van der Waals surface area (Å²) in [6.07, 6.45) is 12.0. The highest BCUT2D eigenvalue weighted by Crippen LogP contribution is 2.55. The number of hydrogen-bond donors (Lipinski definition) is 0. The third kappa shape index (κ3) is 3.47. The van der Waals surface area contributed by atoms with Crippen molar-refractivity contribution in [1.29, 1.82) is 0 Å². The zero-order valence-electron chi connectivity index (χ0n) is 10.2. The van der Waals surface area contributed by atoms with Crippen LogP contribution in [-0.4, -0.2) is 37.0 Å². The van der Waals surface area contributed by atoms with Crippen LogP contribution in [0.5, 0.6) is 0 Å². The van der Waals surface area contributed by atoms with E-state index in [1.165, 1.54) is 0 Å². The predicted octanol–water partition coefficient (Wildman–Crippen LogP) is 4.08. The van der Waals surface area contributed by atoms with Gasteiger partial charge < -0.3 is 9.13 Å². The minimum absolute atomic E-state index is 0.938. The molecule has 94 valence electrons. The van der Waals surface area contributed by atoms with E-state index in [1.807, 2.05) is 0 Å². The Bertz CT molecular complexity index is 245. The fourth-order valence-corrected chi connectivity index (χ4v) is 9.21. The quantitative estimate of drug-likeness (QED) is 0.616. The molecule has 0 N–H and O–H groups in total. The van der Waals surface area contributed by atoms with E-state index in [-0.39, 0.29) is 0 Å². The van der Waals surface area contributed by atoms with Crippen molar-refractivity contribution in [1.82, 2.24) is 0 Å². The zero-order valence-corrected chi connectivity index (χ0v) is 12.0. The lowest BCUT2D eigenvalue weighted by atomic mass is 10.4. The Balaban J connectivity index is 2.15. The third-order valence-corrected chi connectivity index (χ3v) is 10.9. The lowest BCUT2D eigenvalue weighted by molar-refractivity contribution is 0.553. The van der Waals surface area contributed by atoms with Crippen molar-refractivity contribution in [2.24, 2.45) is 0 Å². The Kier molecular flexibility index (Phi) is 4.36. The first-order chi connectivity index (χ1) is 7.62. The minimum atomic E-state index is -1.84. The van der Waals surface area contributed by atoms with E-state index >= 15 is 0 Å². The van der Waals surface area contributed by atoms with Crippen LogP contribution in [-0.2, 0) is 9.13 Å². The van der Waals surface area contributed by atoms with Gasteiger partial charge in [0.1, 0.15) is 0 Å². The number of rotatable bonds is 0. The second-order valence-corrected chi connectivity index (χ2v) is 12.5. The summed E-state index contributed by atoms with van der Waals surface area (Å²) in [5.74, 6) is 0. The molecule has 0 aromatic heterocycles. The molecule has 0 radical (unpaired) electrons. The largest absolute Gasteiger partial charge is 0.324 e. The summed E-state index contributed by atoms with van der Waals surface area (Å²) >= 11 is 0. The first-order valence-corrected chi connectivity index (χ1v) is 11.3. The minimum Gasteiger partial charge on any atom is -0.324 e. The average molecular weight is 262 g/mol. The van der Waals surface area contributed by atoms with Gasteiger partial charge in [0.25, 0.3) is 0 Å². The first kappa shape index (κ1) is 12.9. The molecule has 3 fully saturated rings. The molecule has 0 aliphatic carbocycles. The lowest BCUT2D eigenvalue weighted by Gasteiger charge is -2.26. The van der Waals surface area contributed by atoms with Crippen LogP contribution in [0.25, 0.3) is 0 Å². The molecule has 3 rings (SSSR count). The van der Waals surface area contributed by atoms with Crippen LogP contribution >= 0.6 is 14.3 Å². The Morgan fingerprint density at radius 3 is 0.812 bits per heavy atom. The van der Waals surface area contributed by atoms with E-state index in [2.05, 4.69) is 0 Å². The summed E-state index contributed by atoms with van der Waals surface area (Å²) in [7, 11) is -3.67. The molecule has 3 heterocycles. The molecule has 2 nitrogen and oxygen atoms in total. The smallest absolute Gasteiger partial charge is 0.0877 e. The molecule has 0 spiro atoms. The van der Waals surface area contributed by atoms with Gasteiger partial charge in [-0.2, -0.15) is 0 Å². The summed E-state index contributed by atoms with van der Waals surface area (Å²) in [6, 6.07) is 0. The SMILES string of the molecule is O=P12CCCCP(=O)(CCCC1)CCCC2. The van der Waals surface area contributed by atoms with Gasteiger partial charge in [-0.25, -0.2) is 0 Å². The highest BCUT2D eigenvalue weighted by Gasteiger charge is 2.28. The van der Waals surface area contributed by atoms with Crippen molar-refractivity contribution in [2.75, 3.05) is 37.0 Å². The van der Waals surface area contributed by atoms with Crippen molar-refractivity contribution in [3.05, 3.63) is 0 Å². The second-order valence-electron chi connectivity index (χ2n) is 5.58. The predicted molar refractivity (Wildman–Crippen MR) is 72.1 cm³/mol. The fourth-order valence-electron chi connectivity index (χ4n) is 3.07. The summed E-state index contributed by atoms with van der Waals surface area (Å²) < 4.78 is 25.3. The summed E-state index contributed by atoms with van der Waals surface area (Å²) in [6.45, 7) is 0. The van der Waals surface area contributed by atoms with Crippen LogP contribution in [0.2, 0.25) is 0 Å². The second kappa shape index (κ2) is 5.40.